The number of thiazole rings is 1. The SMILES string of the molecule is CC(C)(C)C1CCCN(c2nc3sccn3c2CO)CC1. The van der Waals surface area contributed by atoms with E-state index < -0.39 is 0 Å². The predicted octanol–water partition coefficient (Wildman–Crippen LogP) is 3.54. The highest BCUT2D eigenvalue weighted by atomic mass is 32.1. The van der Waals surface area contributed by atoms with Crippen LogP contribution in [0.3, 0.4) is 0 Å². The summed E-state index contributed by atoms with van der Waals surface area (Å²) in [6, 6.07) is 0. The van der Waals surface area contributed by atoms with Crippen LogP contribution in [0.2, 0.25) is 0 Å². The van der Waals surface area contributed by atoms with Crippen LogP contribution in [0.15, 0.2) is 11.6 Å². The lowest BCUT2D eigenvalue weighted by Gasteiger charge is -2.29. The van der Waals surface area contributed by atoms with Crippen molar-refractivity contribution in [3.63, 3.8) is 0 Å². The molecule has 2 aromatic rings. The second kappa shape index (κ2) is 5.61. The van der Waals surface area contributed by atoms with Gasteiger partial charge in [0.15, 0.2) is 10.8 Å². The zero-order valence-corrected chi connectivity index (χ0v) is 14.0. The topological polar surface area (TPSA) is 40.8 Å². The summed E-state index contributed by atoms with van der Waals surface area (Å²) in [5.74, 6) is 1.75. The van der Waals surface area contributed by atoms with Crippen molar-refractivity contribution in [2.75, 3.05) is 18.0 Å². The molecule has 4 nitrogen and oxygen atoms in total. The van der Waals surface area contributed by atoms with Crippen molar-refractivity contribution >= 4 is 22.1 Å². The Bertz CT molecular complexity index is 611. The Morgan fingerprint density at radius 1 is 1.33 bits per heavy atom. The van der Waals surface area contributed by atoms with Gasteiger partial charge < -0.3 is 10.0 Å². The van der Waals surface area contributed by atoms with Crippen molar-refractivity contribution < 1.29 is 5.11 Å². The summed E-state index contributed by atoms with van der Waals surface area (Å²) >= 11 is 1.63. The Kier molecular flexibility index (Phi) is 3.97. The number of imidazole rings is 1. The number of aliphatic hydroxyl groups is 1. The number of aliphatic hydroxyl groups excluding tert-OH is 1. The maximum absolute atomic E-state index is 9.72. The Balaban J connectivity index is 1.84. The Morgan fingerprint density at radius 3 is 2.86 bits per heavy atom. The number of aromatic nitrogens is 2. The molecule has 0 radical (unpaired) electrons. The number of rotatable bonds is 2. The van der Waals surface area contributed by atoms with Gasteiger partial charge in [-0.3, -0.25) is 4.40 Å². The van der Waals surface area contributed by atoms with Crippen LogP contribution in [0.1, 0.15) is 45.7 Å². The number of nitrogens with zero attached hydrogens (tertiary/aromatic N) is 3. The molecule has 0 spiro atoms. The van der Waals surface area contributed by atoms with Crippen LogP contribution in [-0.2, 0) is 6.61 Å². The first kappa shape index (κ1) is 14.9. The first-order valence-corrected chi connectivity index (χ1v) is 8.69. The molecule has 0 bridgehead atoms. The molecular weight excluding hydrogens is 282 g/mol. The second-order valence-electron chi connectivity index (χ2n) is 7.08. The van der Waals surface area contributed by atoms with E-state index in [4.69, 9.17) is 4.98 Å². The quantitative estimate of drug-likeness (QED) is 0.922. The summed E-state index contributed by atoms with van der Waals surface area (Å²) in [6.45, 7) is 9.17. The summed E-state index contributed by atoms with van der Waals surface area (Å²) in [6.07, 6.45) is 5.70. The molecule has 1 fully saturated rings. The van der Waals surface area contributed by atoms with Crippen molar-refractivity contribution in [1.29, 1.82) is 0 Å². The van der Waals surface area contributed by atoms with E-state index in [2.05, 4.69) is 25.7 Å². The minimum absolute atomic E-state index is 0.0480. The molecule has 1 aliphatic rings. The molecule has 1 N–H and O–H groups in total. The van der Waals surface area contributed by atoms with Gasteiger partial charge in [-0.05, 0) is 30.6 Å². The molecule has 0 amide bonds. The first-order valence-electron chi connectivity index (χ1n) is 7.81. The fourth-order valence-electron chi connectivity index (χ4n) is 3.40. The van der Waals surface area contributed by atoms with Crippen LogP contribution in [0.4, 0.5) is 5.82 Å². The summed E-state index contributed by atoms with van der Waals surface area (Å²) in [5, 5.41) is 11.7. The van der Waals surface area contributed by atoms with Gasteiger partial charge in [-0.25, -0.2) is 4.98 Å². The van der Waals surface area contributed by atoms with Crippen molar-refractivity contribution in [2.45, 2.75) is 46.6 Å². The van der Waals surface area contributed by atoms with Gasteiger partial charge in [0.05, 0.1) is 12.3 Å². The lowest BCUT2D eigenvalue weighted by molar-refractivity contribution is 0.220. The van der Waals surface area contributed by atoms with E-state index in [-0.39, 0.29) is 6.61 Å². The van der Waals surface area contributed by atoms with Crippen molar-refractivity contribution in [2.24, 2.45) is 11.3 Å². The molecule has 1 unspecified atom stereocenters. The summed E-state index contributed by atoms with van der Waals surface area (Å²) in [4.78, 5) is 8.09. The maximum atomic E-state index is 9.72. The highest BCUT2D eigenvalue weighted by Crippen LogP contribution is 2.36. The third-order valence-corrected chi connectivity index (χ3v) is 5.50. The molecule has 116 valence electrons. The third kappa shape index (κ3) is 2.81. The van der Waals surface area contributed by atoms with Gasteiger partial charge in [-0.1, -0.05) is 20.8 Å². The molecule has 0 saturated carbocycles. The van der Waals surface area contributed by atoms with Crippen LogP contribution < -0.4 is 4.90 Å². The largest absolute Gasteiger partial charge is 0.390 e. The van der Waals surface area contributed by atoms with Gasteiger partial charge in [0.1, 0.15) is 0 Å². The third-order valence-electron chi connectivity index (χ3n) is 4.74. The summed E-state index contributed by atoms with van der Waals surface area (Å²) in [7, 11) is 0. The van der Waals surface area contributed by atoms with Gasteiger partial charge in [0, 0.05) is 24.7 Å². The molecule has 0 aliphatic carbocycles. The lowest BCUT2D eigenvalue weighted by Crippen LogP contribution is -2.27. The molecule has 21 heavy (non-hydrogen) atoms. The van der Waals surface area contributed by atoms with Crippen molar-refractivity contribution in [1.82, 2.24) is 9.38 Å². The highest BCUT2D eigenvalue weighted by Gasteiger charge is 2.28. The molecule has 0 aromatic carbocycles. The zero-order valence-electron chi connectivity index (χ0n) is 13.2. The second-order valence-corrected chi connectivity index (χ2v) is 7.95. The van der Waals surface area contributed by atoms with E-state index in [1.807, 2.05) is 16.0 Å². The number of fused-ring (bicyclic) bond motifs is 1. The normalized spacial score (nSPS) is 21.0. The van der Waals surface area contributed by atoms with E-state index in [1.54, 1.807) is 11.3 Å². The van der Waals surface area contributed by atoms with E-state index in [0.717, 1.165) is 35.5 Å². The molecular formula is C16H25N3OS. The van der Waals surface area contributed by atoms with Crippen LogP contribution in [0.5, 0.6) is 0 Å². The van der Waals surface area contributed by atoms with Gasteiger partial charge in [0.25, 0.3) is 0 Å². The van der Waals surface area contributed by atoms with Gasteiger partial charge >= 0.3 is 0 Å². The Morgan fingerprint density at radius 2 is 2.14 bits per heavy atom. The standard InChI is InChI=1S/C16H25N3OS/c1-16(2,3)12-5-4-7-18(8-6-12)14-13(11-20)19-9-10-21-15(19)17-14/h9-10,12,20H,4-8,11H2,1-3H3. The van der Waals surface area contributed by atoms with Crippen LogP contribution >= 0.6 is 11.3 Å². The fourth-order valence-corrected chi connectivity index (χ4v) is 4.12. The van der Waals surface area contributed by atoms with Crippen LogP contribution in [-0.4, -0.2) is 27.6 Å². The summed E-state index contributed by atoms with van der Waals surface area (Å²) in [5.41, 5.74) is 1.31. The van der Waals surface area contributed by atoms with E-state index >= 15 is 0 Å². The molecule has 2 aromatic heterocycles. The van der Waals surface area contributed by atoms with Crippen molar-refractivity contribution in [3.05, 3.63) is 17.3 Å². The smallest absolute Gasteiger partial charge is 0.195 e. The lowest BCUT2D eigenvalue weighted by atomic mass is 9.77. The van der Waals surface area contributed by atoms with E-state index in [9.17, 15) is 5.11 Å². The maximum Gasteiger partial charge on any atom is 0.195 e. The predicted molar refractivity (Wildman–Crippen MR) is 88.0 cm³/mol. The average molecular weight is 307 g/mol. The molecule has 3 heterocycles. The minimum Gasteiger partial charge on any atom is -0.390 e. The van der Waals surface area contributed by atoms with Gasteiger partial charge in [-0.15, -0.1) is 11.3 Å². The highest BCUT2D eigenvalue weighted by molar-refractivity contribution is 7.15. The molecule has 5 heteroatoms. The molecule has 1 aliphatic heterocycles. The van der Waals surface area contributed by atoms with Crippen LogP contribution in [0, 0.1) is 11.3 Å². The molecule has 1 saturated heterocycles. The first-order chi connectivity index (χ1) is 10.0. The minimum atomic E-state index is 0.0480. The molecule has 1 atom stereocenters. The Hall–Kier alpha value is -1.07. The van der Waals surface area contributed by atoms with Crippen molar-refractivity contribution in [3.8, 4) is 0 Å². The summed E-state index contributed by atoms with van der Waals surface area (Å²) < 4.78 is 2.02. The van der Waals surface area contributed by atoms with E-state index in [0.29, 0.717) is 5.41 Å². The number of hydrogen-bond donors (Lipinski definition) is 1. The van der Waals surface area contributed by atoms with Crippen LogP contribution in [0.25, 0.3) is 4.96 Å². The number of hydrogen-bond acceptors (Lipinski definition) is 4. The monoisotopic (exact) mass is 307 g/mol. The van der Waals surface area contributed by atoms with Gasteiger partial charge in [-0.2, -0.15) is 0 Å². The zero-order chi connectivity index (χ0) is 15.0. The fraction of sp³-hybridized carbons (Fsp3) is 0.688. The molecule has 3 rings (SSSR count). The average Bonchev–Trinajstić information content (AvgIpc) is 2.89. The van der Waals surface area contributed by atoms with Gasteiger partial charge in [0.2, 0.25) is 0 Å². The van der Waals surface area contributed by atoms with E-state index in [1.165, 1.54) is 19.3 Å². The Labute approximate surface area is 130 Å². The number of anilines is 1.